The Morgan fingerprint density at radius 1 is 1.29 bits per heavy atom. The molecule has 0 N–H and O–H groups in total. The van der Waals surface area contributed by atoms with Crippen LogP contribution in [0.2, 0.25) is 5.02 Å². The lowest BCUT2D eigenvalue weighted by atomic mass is 10.3. The molecular formula is C12H8BrClOS2. The molecule has 0 amide bonds. The van der Waals surface area contributed by atoms with Gasteiger partial charge < -0.3 is 0 Å². The molecule has 0 aliphatic rings. The van der Waals surface area contributed by atoms with Crippen LogP contribution in [0.5, 0.6) is 0 Å². The van der Waals surface area contributed by atoms with Crippen LogP contribution in [0, 0.1) is 0 Å². The predicted octanol–water partition coefficient (Wildman–Crippen LogP) is 5.14. The van der Waals surface area contributed by atoms with Gasteiger partial charge in [0.25, 0.3) is 0 Å². The second-order valence-corrected chi connectivity index (χ2v) is 6.52. The summed E-state index contributed by atoms with van der Waals surface area (Å²) in [6.07, 6.45) is 0. The fraction of sp³-hybridized carbons (Fsp3) is 0.0833. The standard InChI is InChI=1S/C12H8BrClOS2/c13-10-5-6-16-12(10)11(15)7-17-9-3-1-8(14)2-4-9/h1-6H,7H2. The number of benzene rings is 1. The predicted molar refractivity (Wildman–Crippen MR) is 78.5 cm³/mol. The summed E-state index contributed by atoms with van der Waals surface area (Å²) in [7, 11) is 0. The van der Waals surface area contributed by atoms with Gasteiger partial charge in [-0.05, 0) is 51.6 Å². The monoisotopic (exact) mass is 346 g/mol. The van der Waals surface area contributed by atoms with Gasteiger partial charge in [-0.2, -0.15) is 0 Å². The minimum Gasteiger partial charge on any atom is -0.292 e. The molecule has 2 aromatic rings. The number of carbonyl (C=O) groups excluding carboxylic acids is 1. The SMILES string of the molecule is O=C(CSc1ccc(Cl)cc1)c1sccc1Br. The minimum atomic E-state index is 0.145. The molecule has 0 saturated carbocycles. The van der Waals surface area contributed by atoms with Gasteiger partial charge in [0, 0.05) is 14.4 Å². The quantitative estimate of drug-likeness (QED) is 0.563. The number of hydrogen-bond donors (Lipinski definition) is 0. The van der Waals surface area contributed by atoms with Crippen molar-refractivity contribution in [2.24, 2.45) is 0 Å². The molecule has 1 aromatic carbocycles. The maximum atomic E-state index is 11.9. The van der Waals surface area contributed by atoms with Crippen molar-refractivity contribution in [3.63, 3.8) is 0 Å². The summed E-state index contributed by atoms with van der Waals surface area (Å²) in [5.41, 5.74) is 0. The first kappa shape index (κ1) is 13.1. The number of thioether (sulfide) groups is 1. The molecule has 17 heavy (non-hydrogen) atoms. The van der Waals surface area contributed by atoms with Crippen molar-refractivity contribution in [3.05, 3.63) is 50.1 Å². The third kappa shape index (κ3) is 3.58. The maximum absolute atomic E-state index is 11.9. The van der Waals surface area contributed by atoms with E-state index in [-0.39, 0.29) is 5.78 Å². The van der Waals surface area contributed by atoms with Crippen molar-refractivity contribution in [1.29, 1.82) is 0 Å². The summed E-state index contributed by atoms with van der Waals surface area (Å²) in [4.78, 5) is 13.7. The highest BCUT2D eigenvalue weighted by Crippen LogP contribution is 2.26. The highest BCUT2D eigenvalue weighted by Gasteiger charge is 2.11. The Hall–Kier alpha value is -0.290. The van der Waals surface area contributed by atoms with Gasteiger partial charge in [-0.25, -0.2) is 0 Å². The third-order valence-corrected chi connectivity index (χ3v) is 5.20. The Morgan fingerprint density at radius 3 is 2.59 bits per heavy atom. The Bertz CT molecular complexity index is 522. The second kappa shape index (κ2) is 6.05. The smallest absolute Gasteiger partial charge is 0.184 e. The molecule has 0 aliphatic heterocycles. The molecule has 0 fully saturated rings. The van der Waals surface area contributed by atoms with E-state index in [1.54, 1.807) is 0 Å². The van der Waals surface area contributed by atoms with Crippen LogP contribution in [-0.4, -0.2) is 11.5 Å². The summed E-state index contributed by atoms with van der Waals surface area (Å²) >= 11 is 12.1. The van der Waals surface area contributed by atoms with Crippen LogP contribution in [0.4, 0.5) is 0 Å². The van der Waals surface area contributed by atoms with E-state index in [0.29, 0.717) is 10.8 Å². The topological polar surface area (TPSA) is 17.1 Å². The summed E-state index contributed by atoms with van der Waals surface area (Å²) in [5, 5.41) is 2.62. The fourth-order valence-corrected chi connectivity index (χ4v) is 3.76. The number of hydrogen-bond acceptors (Lipinski definition) is 3. The number of carbonyl (C=O) groups is 1. The Kier molecular flexibility index (Phi) is 4.68. The second-order valence-electron chi connectivity index (χ2n) is 3.26. The van der Waals surface area contributed by atoms with Crippen LogP contribution in [-0.2, 0) is 0 Å². The zero-order chi connectivity index (χ0) is 12.3. The molecule has 0 atom stereocenters. The Labute approximate surface area is 121 Å². The van der Waals surface area contributed by atoms with Crippen molar-refractivity contribution in [2.75, 3.05) is 5.75 Å². The molecule has 0 radical (unpaired) electrons. The largest absolute Gasteiger partial charge is 0.292 e. The van der Waals surface area contributed by atoms with E-state index in [2.05, 4.69) is 15.9 Å². The fourth-order valence-electron chi connectivity index (χ4n) is 1.24. The zero-order valence-corrected chi connectivity index (χ0v) is 12.6. The highest BCUT2D eigenvalue weighted by atomic mass is 79.9. The molecule has 0 spiro atoms. The summed E-state index contributed by atoms with van der Waals surface area (Å²) < 4.78 is 0.879. The van der Waals surface area contributed by atoms with E-state index in [1.165, 1.54) is 23.1 Å². The highest BCUT2D eigenvalue weighted by molar-refractivity contribution is 9.10. The molecule has 1 heterocycles. The summed E-state index contributed by atoms with van der Waals surface area (Å²) in [5.74, 6) is 0.590. The molecule has 1 aromatic heterocycles. The van der Waals surface area contributed by atoms with Gasteiger partial charge in [0.05, 0.1) is 10.6 Å². The molecule has 5 heteroatoms. The van der Waals surface area contributed by atoms with Gasteiger partial charge in [0.1, 0.15) is 0 Å². The van der Waals surface area contributed by atoms with Crippen LogP contribution in [0.1, 0.15) is 9.67 Å². The number of halogens is 2. The number of rotatable bonds is 4. The lowest BCUT2D eigenvalue weighted by molar-refractivity contribution is 0.102. The zero-order valence-electron chi connectivity index (χ0n) is 8.65. The minimum absolute atomic E-state index is 0.145. The molecule has 0 bridgehead atoms. The van der Waals surface area contributed by atoms with Gasteiger partial charge in [0.2, 0.25) is 0 Å². The summed E-state index contributed by atoms with van der Waals surface area (Å²) in [6.45, 7) is 0. The molecule has 1 nitrogen and oxygen atoms in total. The van der Waals surface area contributed by atoms with Crippen LogP contribution >= 0.6 is 50.6 Å². The van der Waals surface area contributed by atoms with E-state index >= 15 is 0 Å². The van der Waals surface area contributed by atoms with Crippen molar-refractivity contribution in [1.82, 2.24) is 0 Å². The van der Waals surface area contributed by atoms with E-state index in [1.807, 2.05) is 35.7 Å². The molecule has 0 aliphatic carbocycles. The first-order valence-corrected chi connectivity index (χ1v) is 7.85. The first-order valence-electron chi connectivity index (χ1n) is 4.81. The molecular weight excluding hydrogens is 340 g/mol. The normalized spacial score (nSPS) is 10.5. The first-order chi connectivity index (χ1) is 8.16. The number of thiophene rings is 1. The van der Waals surface area contributed by atoms with E-state index in [0.717, 1.165) is 14.2 Å². The van der Waals surface area contributed by atoms with Crippen molar-refractivity contribution >= 4 is 56.4 Å². The molecule has 88 valence electrons. The average molecular weight is 348 g/mol. The lowest BCUT2D eigenvalue weighted by Crippen LogP contribution is -1.99. The lowest BCUT2D eigenvalue weighted by Gasteiger charge is -2.00. The summed E-state index contributed by atoms with van der Waals surface area (Å²) in [6, 6.07) is 9.39. The van der Waals surface area contributed by atoms with Crippen molar-refractivity contribution in [3.8, 4) is 0 Å². The average Bonchev–Trinajstić information content (AvgIpc) is 2.74. The number of Topliss-reactive ketones (excluding diaryl/α,β-unsaturated/α-hetero) is 1. The Morgan fingerprint density at radius 2 is 2.00 bits per heavy atom. The van der Waals surface area contributed by atoms with E-state index in [9.17, 15) is 4.79 Å². The van der Waals surface area contributed by atoms with E-state index < -0.39 is 0 Å². The van der Waals surface area contributed by atoms with Crippen molar-refractivity contribution in [2.45, 2.75) is 4.90 Å². The van der Waals surface area contributed by atoms with Gasteiger partial charge in [-0.3, -0.25) is 4.79 Å². The Balaban J connectivity index is 1.97. The van der Waals surface area contributed by atoms with Crippen LogP contribution in [0.3, 0.4) is 0 Å². The third-order valence-electron chi connectivity index (χ3n) is 2.05. The van der Waals surface area contributed by atoms with Crippen LogP contribution in [0.25, 0.3) is 0 Å². The van der Waals surface area contributed by atoms with Gasteiger partial charge >= 0.3 is 0 Å². The van der Waals surface area contributed by atoms with Crippen LogP contribution < -0.4 is 0 Å². The number of ketones is 1. The molecule has 0 unspecified atom stereocenters. The molecule has 2 rings (SSSR count). The maximum Gasteiger partial charge on any atom is 0.184 e. The van der Waals surface area contributed by atoms with Crippen LogP contribution in [0.15, 0.2) is 45.1 Å². The van der Waals surface area contributed by atoms with Gasteiger partial charge in [0.15, 0.2) is 5.78 Å². The van der Waals surface area contributed by atoms with E-state index in [4.69, 9.17) is 11.6 Å². The van der Waals surface area contributed by atoms with Gasteiger partial charge in [-0.15, -0.1) is 23.1 Å². The van der Waals surface area contributed by atoms with Crippen molar-refractivity contribution < 1.29 is 4.79 Å². The molecule has 0 saturated heterocycles. The van der Waals surface area contributed by atoms with Gasteiger partial charge in [-0.1, -0.05) is 11.6 Å².